The van der Waals surface area contributed by atoms with Crippen LogP contribution in [-0.2, 0) is 0 Å². The Morgan fingerprint density at radius 2 is 2.32 bits per heavy atom. The Hall–Kier alpha value is -0.380. The summed E-state index contributed by atoms with van der Waals surface area (Å²) in [6.45, 7) is 6.66. The van der Waals surface area contributed by atoms with Crippen LogP contribution < -0.4 is 10.2 Å². The smallest absolute Gasteiger partial charge is 0.0474 e. The third kappa shape index (κ3) is 3.59. The number of hydrogen-bond acceptors (Lipinski definition) is 3. The van der Waals surface area contributed by atoms with Gasteiger partial charge in [0.15, 0.2) is 0 Å². The van der Waals surface area contributed by atoms with Crippen LogP contribution in [0, 0.1) is 0 Å². The van der Waals surface area contributed by atoms with Crippen LogP contribution in [-0.4, -0.2) is 31.1 Å². The fraction of sp³-hybridized carbons (Fsp3) is 0.600. The molecule has 2 nitrogen and oxygen atoms in total. The molecule has 0 amide bonds. The molecule has 106 valence electrons. The zero-order valence-corrected chi connectivity index (χ0v) is 13.5. The summed E-state index contributed by atoms with van der Waals surface area (Å²) in [5.41, 5.74) is 2.43. The van der Waals surface area contributed by atoms with E-state index in [0.717, 1.165) is 23.4 Å². The number of nitrogens with zero attached hydrogens (tertiary/aromatic N) is 1. The number of halogens is 1. The first-order valence-electron chi connectivity index (χ1n) is 6.99. The fourth-order valence-electron chi connectivity index (χ4n) is 2.42. The third-order valence-electron chi connectivity index (χ3n) is 3.84. The molecule has 0 spiro atoms. The molecule has 0 aliphatic carbocycles. The Morgan fingerprint density at radius 3 is 2.95 bits per heavy atom. The van der Waals surface area contributed by atoms with Crippen molar-refractivity contribution in [3.63, 3.8) is 0 Å². The summed E-state index contributed by atoms with van der Waals surface area (Å²) in [6, 6.07) is 6.77. The molecule has 0 saturated carbocycles. The predicted molar refractivity (Wildman–Crippen MR) is 87.7 cm³/mol. The number of hydrogen-bond donors (Lipinski definition) is 1. The van der Waals surface area contributed by atoms with Gasteiger partial charge in [-0.3, -0.25) is 0 Å². The van der Waals surface area contributed by atoms with Crippen LogP contribution in [0.2, 0.25) is 5.02 Å². The van der Waals surface area contributed by atoms with Gasteiger partial charge in [-0.2, -0.15) is 11.8 Å². The molecular formula is C15H23ClN2S. The molecule has 0 aromatic heterocycles. The van der Waals surface area contributed by atoms with Crippen LogP contribution in [0.5, 0.6) is 0 Å². The van der Waals surface area contributed by atoms with Crippen molar-refractivity contribution in [1.29, 1.82) is 0 Å². The van der Waals surface area contributed by atoms with Gasteiger partial charge in [-0.1, -0.05) is 24.6 Å². The molecule has 0 radical (unpaired) electrons. The van der Waals surface area contributed by atoms with E-state index in [4.69, 9.17) is 11.6 Å². The maximum Gasteiger partial charge on any atom is 0.0474 e. The zero-order chi connectivity index (χ0) is 13.8. The normalized spacial score (nSPS) is 21.5. The third-order valence-corrected chi connectivity index (χ3v) is 5.54. The van der Waals surface area contributed by atoms with Gasteiger partial charge in [-0.25, -0.2) is 0 Å². The van der Waals surface area contributed by atoms with Crippen molar-refractivity contribution < 1.29 is 0 Å². The Labute approximate surface area is 125 Å². The molecule has 2 atom stereocenters. The van der Waals surface area contributed by atoms with Crippen LogP contribution in [0.3, 0.4) is 0 Å². The Balaban J connectivity index is 2.15. The summed E-state index contributed by atoms with van der Waals surface area (Å²) in [5.74, 6) is 1.21. The molecule has 1 saturated heterocycles. The standard InChI is InChI=1S/C15H23ClN2S/c1-4-13-10-18(7-8-19-13)12-5-6-14(11(2)17-3)15(16)9-12/h5-6,9,11,13,17H,4,7-8,10H2,1-3H3. The molecule has 1 heterocycles. The minimum atomic E-state index is 0.293. The van der Waals surface area contributed by atoms with Crippen molar-refractivity contribution in [3.05, 3.63) is 28.8 Å². The topological polar surface area (TPSA) is 15.3 Å². The second kappa shape index (κ2) is 6.87. The second-order valence-corrected chi connectivity index (χ2v) is 6.88. The van der Waals surface area contributed by atoms with E-state index in [1.54, 1.807) is 0 Å². The number of anilines is 1. The van der Waals surface area contributed by atoms with Crippen molar-refractivity contribution in [2.45, 2.75) is 31.6 Å². The van der Waals surface area contributed by atoms with Gasteiger partial charge < -0.3 is 10.2 Å². The van der Waals surface area contributed by atoms with Gasteiger partial charge in [0.1, 0.15) is 0 Å². The van der Waals surface area contributed by atoms with Gasteiger partial charge in [-0.05, 0) is 38.1 Å². The highest BCUT2D eigenvalue weighted by atomic mass is 35.5. The first-order valence-corrected chi connectivity index (χ1v) is 8.41. The average Bonchev–Trinajstić information content (AvgIpc) is 2.46. The van der Waals surface area contributed by atoms with Gasteiger partial charge in [0.25, 0.3) is 0 Å². The van der Waals surface area contributed by atoms with Crippen molar-refractivity contribution in [2.24, 2.45) is 0 Å². The first-order chi connectivity index (χ1) is 9.15. The van der Waals surface area contributed by atoms with Gasteiger partial charge in [-0.15, -0.1) is 0 Å². The minimum Gasteiger partial charge on any atom is -0.370 e. The highest BCUT2D eigenvalue weighted by molar-refractivity contribution is 8.00. The molecule has 4 heteroatoms. The van der Waals surface area contributed by atoms with Crippen molar-refractivity contribution in [1.82, 2.24) is 5.32 Å². The van der Waals surface area contributed by atoms with E-state index in [-0.39, 0.29) is 0 Å². The van der Waals surface area contributed by atoms with Crippen LogP contribution >= 0.6 is 23.4 Å². The highest BCUT2D eigenvalue weighted by Crippen LogP contribution is 2.31. The molecule has 1 fully saturated rings. The van der Waals surface area contributed by atoms with Crippen LogP contribution in [0.25, 0.3) is 0 Å². The van der Waals surface area contributed by atoms with E-state index in [1.807, 2.05) is 7.05 Å². The highest BCUT2D eigenvalue weighted by Gasteiger charge is 2.20. The quantitative estimate of drug-likeness (QED) is 0.906. The van der Waals surface area contributed by atoms with E-state index in [1.165, 1.54) is 23.4 Å². The molecule has 19 heavy (non-hydrogen) atoms. The molecule has 2 rings (SSSR count). The van der Waals surface area contributed by atoms with Gasteiger partial charge in [0.2, 0.25) is 0 Å². The van der Waals surface area contributed by atoms with Crippen LogP contribution in [0.4, 0.5) is 5.69 Å². The summed E-state index contributed by atoms with van der Waals surface area (Å²) in [4.78, 5) is 2.46. The molecule has 0 bridgehead atoms. The molecule has 1 aliphatic rings. The SMILES string of the molecule is CCC1CN(c2ccc(C(C)NC)c(Cl)c2)CCS1. The largest absolute Gasteiger partial charge is 0.370 e. The van der Waals surface area contributed by atoms with E-state index < -0.39 is 0 Å². The van der Waals surface area contributed by atoms with E-state index in [0.29, 0.717) is 6.04 Å². The lowest BCUT2D eigenvalue weighted by Gasteiger charge is -2.34. The Morgan fingerprint density at radius 1 is 1.53 bits per heavy atom. The molecular weight excluding hydrogens is 276 g/mol. The van der Waals surface area contributed by atoms with Crippen LogP contribution in [0.1, 0.15) is 31.9 Å². The maximum atomic E-state index is 6.42. The predicted octanol–water partition coefficient (Wildman–Crippen LogP) is 3.95. The molecule has 1 aliphatic heterocycles. The number of thioether (sulfide) groups is 1. The molecule has 1 aromatic rings. The van der Waals surface area contributed by atoms with Gasteiger partial charge in [0, 0.05) is 40.8 Å². The summed E-state index contributed by atoms with van der Waals surface area (Å²) in [6.07, 6.45) is 1.24. The molecule has 2 unspecified atom stereocenters. The Kier molecular flexibility index (Phi) is 5.43. The maximum absolute atomic E-state index is 6.42. The van der Waals surface area contributed by atoms with Crippen molar-refractivity contribution in [3.8, 4) is 0 Å². The Bertz CT molecular complexity index is 425. The van der Waals surface area contributed by atoms with Crippen molar-refractivity contribution in [2.75, 3.05) is 30.8 Å². The van der Waals surface area contributed by atoms with E-state index in [9.17, 15) is 0 Å². The van der Waals surface area contributed by atoms with Crippen LogP contribution in [0.15, 0.2) is 18.2 Å². The second-order valence-electron chi connectivity index (χ2n) is 5.06. The van der Waals surface area contributed by atoms with Crippen molar-refractivity contribution >= 4 is 29.1 Å². The summed E-state index contributed by atoms with van der Waals surface area (Å²) >= 11 is 8.51. The average molecular weight is 299 g/mol. The zero-order valence-electron chi connectivity index (χ0n) is 11.9. The lowest BCUT2D eigenvalue weighted by Crippen LogP contribution is -2.37. The monoisotopic (exact) mass is 298 g/mol. The van der Waals surface area contributed by atoms with E-state index >= 15 is 0 Å². The van der Waals surface area contributed by atoms with E-state index in [2.05, 4.69) is 54.0 Å². The summed E-state index contributed by atoms with van der Waals surface area (Å²) in [7, 11) is 1.96. The molecule has 1 aromatic carbocycles. The van der Waals surface area contributed by atoms with Gasteiger partial charge >= 0.3 is 0 Å². The lowest BCUT2D eigenvalue weighted by atomic mass is 10.1. The summed E-state index contributed by atoms with van der Waals surface area (Å²) in [5, 5.41) is 4.86. The number of benzene rings is 1. The first kappa shape index (κ1) is 15.0. The molecule has 1 N–H and O–H groups in total. The number of rotatable bonds is 4. The minimum absolute atomic E-state index is 0.293. The number of nitrogens with one attached hydrogen (secondary N) is 1. The van der Waals surface area contributed by atoms with Gasteiger partial charge in [0.05, 0.1) is 0 Å². The fourth-order valence-corrected chi connectivity index (χ4v) is 3.94. The lowest BCUT2D eigenvalue weighted by molar-refractivity contribution is 0.652. The summed E-state index contributed by atoms with van der Waals surface area (Å²) < 4.78 is 0.